The molecule has 0 spiro atoms. The van der Waals surface area contributed by atoms with Crippen molar-refractivity contribution in [1.82, 2.24) is 0 Å². The zero-order chi connectivity index (χ0) is 12.4. The number of hydrogen-bond donors (Lipinski definition) is 0. The molecule has 90 valence electrons. The van der Waals surface area contributed by atoms with Crippen molar-refractivity contribution in [3.05, 3.63) is 29.3 Å². The van der Waals surface area contributed by atoms with Gasteiger partial charge >= 0.3 is 0 Å². The van der Waals surface area contributed by atoms with Crippen molar-refractivity contribution >= 4 is 28.5 Å². The molecule has 0 aliphatic carbocycles. The number of para-hydroxylation sites is 1. The number of carbonyl (C=O) groups is 1. The van der Waals surface area contributed by atoms with Crippen LogP contribution in [0.2, 0.25) is 0 Å². The van der Waals surface area contributed by atoms with Crippen LogP contribution in [0, 0.1) is 13.8 Å². The van der Waals surface area contributed by atoms with E-state index in [0.717, 1.165) is 34.3 Å². The number of aryl methyl sites for hydroxylation is 2. The van der Waals surface area contributed by atoms with Crippen LogP contribution in [0.5, 0.6) is 0 Å². The van der Waals surface area contributed by atoms with Gasteiger partial charge in [0.15, 0.2) is 5.17 Å². The molecular weight excluding hydrogens is 232 g/mol. The van der Waals surface area contributed by atoms with Crippen LogP contribution in [-0.2, 0) is 4.79 Å². The highest BCUT2D eigenvalue weighted by atomic mass is 32.2. The van der Waals surface area contributed by atoms with Gasteiger partial charge in [0.2, 0.25) is 5.91 Å². The molecule has 1 aromatic carbocycles. The van der Waals surface area contributed by atoms with Gasteiger partial charge in [-0.3, -0.25) is 14.7 Å². The van der Waals surface area contributed by atoms with E-state index < -0.39 is 0 Å². The number of carbonyl (C=O) groups excluding carboxylic acids is 1. The first kappa shape index (κ1) is 12.2. The third kappa shape index (κ3) is 2.36. The largest absolute Gasteiger partial charge is 0.274 e. The lowest BCUT2D eigenvalue weighted by molar-refractivity contribution is -0.115. The van der Waals surface area contributed by atoms with Gasteiger partial charge < -0.3 is 0 Å². The third-order valence-electron chi connectivity index (χ3n) is 2.74. The smallest absolute Gasteiger partial charge is 0.230 e. The van der Waals surface area contributed by atoms with Gasteiger partial charge in [-0.2, -0.15) is 0 Å². The van der Waals surface area contributed by atoms with Crippen LogP contribution in [0.1, 0.15) is 18.1 Å². The summed E-state index contributed by atoms with van der Waals surface area (Å²) in [5.41, 5.74) is 3.19. The van der Waals surface area contributed by atoms with Gasteiger partial charge in [0, 0.05) is 12.7 Å². The Kier molecular flexibility index (Phi) is 3.52. The van der Waals surface area contributed by atoms with Crippen LogP contribution in [0.25, 0.3) is 0 Å². The van der Waals surface area contributed by atoms with E-state index in [4.69, 9.17) is 0 Å². The molecule has 1 aromatic rings. The van der Waals surface area contributed by atoms with Crippen molar-refractivity contribution in [2.24, 2.45) is 4.99 Å². The number of thioether (sulfide) groups is 1. The SMILES string of the molecule is CC(=O)N(C1=NCCS1)c1c(C)cccc1C. The normalized spacial score (nSPS) is 14.6. The fraction of sp³-hybridized carbons (Fsp3) is 0.385. The van der Waals surface area contributed by atoms with E-state index in [1.807, 2.05) is 32.0 Å². The molecule has 3 nitrogen and oxygen atoms in total. The van der Waals surface area contributed by atoms with E-state index in [9.17, 15) is 4.79 Å². The summed E-state index contributed by atoms with van der Waals surface area (Å²) in [6.07, 6.45) is 0. The molecule has 1 heterocycles. The van der Waals surface area contributed by atoms with Gasteiger partial charge in [-0.25, -0.2) is 0 Å². The molecule has 0 aromatic heterocycles. The molecule has 0 bridgehead atoms. The molecule has 2 rings (SSSR count). The average molecular weight is 248 g/mol. The summed E-state index contributed by atoms with van der Waals surface area (Å²) in [5, 5.41) is 0.829. The second-order valence-corrected chi connectivity index (χ2v) is 5.17. The summed E-state index contributed by atoms with van der Waals surface area (Å²) in [6, 6.07) is 6.06. The molecule has 1 aliphatic heterocycles. The Bertz CT molecular complexity index is 462. The molecule has 0 unspecified atom stereocenters. The molecule has 0 radical (unpaired) electrons. The number of benzene rings is 1. The van der Waals surface area contributed by atoms with Crippen LogP contribution in [0.3, 0.4) is 0 Å². The molecule has 1 amide bonds. The highest BCUT2D eigenvalue weighted by Gasteiger charge is 2.23. The predicted octanol–water partition coefficient (Wildman–Crippen LogP) is 2.76. The van der Waals surface area contributed by atoms with E-state index in [2.05, 4.69) is 4.99 Å². The Morgan fingerprint density at radius 2 is 2.00 bits per heavy atom. The minimum absolute atomic E-state index is 0.0237. The molecule has 0 fully saturated rings. The summed E-state index contributed by atoms with van der Waals surface area (Å²) < 4.78 is 0. The van der Waals surface area contributed by atoms with Crippen molar-refractivity contribution in [2.45, 2.75) is 20.8 Å². The minimum atomic E-state index is 0.0237. The summed E-state index contributed by atoms with van der Waals surface area (Å²) in [4.78, 5) is 18.0. The second-order valence-electron chi connectivity index (χ2n) is 4.11. The van der Waals surface area contributed by atoms with Gasteiger partial charge in [0.05, 0.1) is 12.2 Å². The van der Waals surface area contributed by atoms with E-state index in [0.29, 0.717) is 0 Å². The lowest BCUT2D eigenvalue weighted by atomic mass is 10.1. The number of amides is 1. The van der Waals surface area contributed by atoms with Crippen LogP contribution in [-0.4, -0.2) is 23.4 Å². The van der Waals surface area contributed by atoms with Gasteiger partial charge in [0.1, 0.15) is 0 Å². The van der Waals surface area contributed by atoms with Gasteiger partial charge in [0.25, 0.3) is 0 Å². The number of rotatable bonds is 1. The number of nitrogens with zero attached hydrogens (tertiary/aromatic N) is 2. The van der Waals surface area contributed by atoms with E-state index in [-0.39, 0.29) is 5.91 Å². The number of anilines is 1. The quantitative estimate of drug-likeness (QED) is 0.765. The number of aliphatic imine (C=N–C) groups is 1. The molecular formula is C13H16N2OS. The number of hydrogen-bond acceptors (Lipinski definition) is 3. The minimum Gasteiger partial charge on any atom is -0.274 e. The topological polar surface area (TPSA) is 32.7 Å². The summed E-state index contributed by atoms with van der Waals surface area (Å²) in [7, 11) is 0. The average Bonchev–Trinajstić information content (AvgIpc) is 2.76. The maximum absolute atomic E-state index is 11.9. The highest BCUT2D eigenvalue weighted by molar-refractivity contribution is 8.14. The monoisotopic (exact) mass is 248 g/mol. The Hall–Kier alpha value is -1.29. The first-order valence-electron chi connectivity index (χ1n) is 5.65. The standard InChI is InChI=1S/C13H16N2OS/c1-9-5-4-6-10(2)12(9)15(11(3)16)13-14-7-8-17-13/h4-6H,7-8H2,1-3H3. The van der Waals surface area contributed by atoms with E-state index in [1.54, 1.807) is 23.6 Å². The lowest BCUT2D eigenvalue weighted by Gasteiger charge is -2.24. The molecule has 0 saturated carbocycles. The Labute approximate surface area is 106 Å². The molecule has 1 aliphatic rings. The van der Waals surface area contributed by atoms with Gasteiger partial charge in [-0.1, -0.05) is 30.0 Å². The Morgan fingerprint density at radius 1 is 1.35 bits per heavy atom. The fourth-order valence-electron chi connectivity index (χ4n) is 2.01. The Balaban J connectivity index is 2.50. The van der Waals surface area contributed by atoms with Gasteiger partial charge in [-0.05, 0) is 25.0 Å². The van der Waals surface area contributed by atoms with Crippen LogP contribution in [0.15, 0.2) is 23.2 Å². The van der Waals surface area contributed by atoms with Crippen LogP contribution in [0.4, 0.5) is 5.69 Å². The zero-order valence-corrected chi connectivity index (χ0v) is 11.2. The van der Waals surface area contributed by atoms with Crippen LogP contribution >= 0.6 is 11.8 Å². The predicted molar refractivity (Wildman–Crippen MR) is 73.8 cm³/mol. The highest BCUT2D eigenvalue weighted by Crippen LogP contribution is 2.29. The maximum atomic E-state index is 11.9. The molecule has 0 atom stereocenters. The number of amidine groups is 1. The van der Waals surface area contributed by atoms with Crippen molar-refractivity contribution < 1.29 is 4.79 Å². The van der Waals surface area contributed by atoms with E-state index in [1.165, 1.54) is 0 Å². The molecule has 0 N–H and O–H groups in total. The van der Waals surface area contributed by atoms with Crippen molar-refractivity contribution in [3.63, 3.8) is 0 Å². The lowest BCUT2D eigenvalue weighted by Crippen LogP contribution is -2.33. The first-order chi connectivity index (χ1) is 8.11. The van der Waals surface area contributed by atoms with Crippen LogP contribution < -0.4 is 4.90 Å². The summed E-state index contributed by atoms with van der Waals surface area (Å²) in [6.45, 7) is 6.44. The second kappa shape index (κ2) is 4.92. The Morgan fingerprint density at radius 3 is 2.47 bits per heavy atom. The first-order valence-corrected chi connectivity index (χ1v) is 6.64. The summed E-state index contributed by atoms with van der Waals surface area (Å²) >= 11 is 1.65. The summed E-state index contributed by atoms with van der Waals surface area (Å²) in [5.74, 6) is 0.986. The maximum Gasteiger partial charge on any atom is 0.230 e. The van der Waals surface area contributed by atoms with Crippen molar-refractivity contribution in [1.29, 1.82) is 0 Å². The van der Waals surface area contributed by atoms with E-state index >= 15 is 0 Å². The van der Waals surface area contributed by atoms with Crippen molar-refractivity contribution in [3.8, 4) is 0 Å². The zero-order valence-electron chi connectivity index (χ0n) is 10.4. The van der Waals surface area contributed by atoms with Crippen molar-refractivity contribution in [2.75, 3.05) is 17.2 Å². The molecule has 0 saturated heterocycles. The molecule has 4 heteroatoms. The third-order valence-corrected chi connectivity index (χ3v) is 3.70. The molecule has 17 heavy (non-hydrogen) atoms. The van der Waals surface area contributed by atoms with Gasteiger partial charge in [-0.15, -0.1) is 0 Å². The fourth-order valence-corrected chi connectivity index (χ4v) is 2.90.